The normalized spacial score (nSPS) is 16.5. The van der Waals surface area contributed by atoms with Gasteiger partial charge in [-0.15, -0.1) is 0 Å². The van der Waals surface area contributed by atoms with Crippen LogP contribution in [0.3, 0.4) is 0 Å². The van der Waals surface area contributed by atoms with Crippen molar-refractivity contribution in [2.75, 3.05) is 6.54 Å². The van der Waals surface area contributed by atoms with E-state index in [1.165, 1.54) is 30.4 Å². The van der Waals surface area contributed by atoms with Gasteiger partial charge in [0.25, 0.3) is 0 Å². The van der Waals surface area contributed by atoms with Crippen LogP contribution >= 0.6 is 23.2 Å². The highest BCUT2D eigenvalue weighted by molar-refractivity contribution is 6.35. The molecule has 2 aromatic carbocycles. The van der Waals surface area contributed by atoms with Crippen LogP contribution in [0.25, 0.3) is 11.1 Å². The zero-order valence-electron chi connectivity index (χ0n) is 12.1. The quantitative estimate of drug-likeness (QED) is 0.767. The van der Waals surface area contributed by atoms with E-state index in [9.17, 15) is 0 Å². The number of rotatable bonds is 4. The van der Waals surface area contributed by atoms with Gasteiger partial charge in [0.2, 0.25) is 0 Å². The Hall–Kier alpha value is -1.02. The molecule has 1 aliphatic rings. The molecule has 1 saturated carbocycles. The molecule has 3 rings (SSSR count). The van der Waals surface area contributed by atoms with Gasteiger partial charge in [-0.3, -0.25) is 0 Å². The fraction of sp³-hybridized carbons (Fsp3) is 0.333. The monoisotopic (exact) mass is 319 g/mol. The van der Waals surface area contributed by atoms with Crippen molar-refractivity contribution in [1.29, 1.82) is 0 Å². The highest BCUT2D eigenvalue weighted by atomic mass is 35.5. The highest BCUT2D eigenvalue weighted by Crippen LogP contribution is 2.42. The molecule has 0 amide bonds. The second-order valence-electron chi connectivity index (χ2n) is 5.70. The van der Waals surface area contributed by atoms with Crippen molar-refractivity contribution in [2.45, 2.75) is 31.7 Å². The molecule has 0 aliphatic heterocycles. The van der Waals surface area contributed by atoms with Crippen molar-refractivity contribution in [3.8, 4) is 11.1 Å². The minimum atomic E-state index is 0.160. The second-order valence-corrected chi connectivity index (χ2v) is 6.58. The Morgan fingerprint density at radius 1 is 1.00 bits per heavy atom. The van der Waals surface area contributed by atoms with E-state index >= 15 is 0 Å². The molecule has 21 heavy (non-hydrogen) atoms. The largest absolute Gasteiger partial charge is 0.308 e. The van der Waals surface area contributed by atoms with Crippen LogP contribution in [0.4, 0.5) is 0 Å². The van der Waals surface area contributed by atoms with Crippen LogP contribution in [0.2, 0.25) is 10.0 Å². The SMILES string of the molecule is CCNC1(c2cccc(-c3cc(Cl)cc(Cl)c3)c2)CCC1. The summed E-state index contributed by atoms with van der Waals surface area (Å²) in [6.45, 7) is 3.16. The zero-order valence-corrected chi connectivity index (χ0v) is 13.6. The first-order valence-corrected chi connectivity index (χ1v) is 8.21. The topological polar surface area (TPSA) is 12.0 Å². The molecular weight excluding hydrogens is 301 g/mol. The lowest BCUT2D eigenvalue weighted by atomic mass is 9.71. The summed E-state index contributed by atoms with van der Waals surface area (Å²) in [5.74, 6) is 0. The predicted molar refractivity (Wildman–Crippen MR) is 91.1 cm³/mol. The van der Waals surface area contributed by atoms with Crippen molar-refractivity contribution in [3.63, 3.8) is 0 Å². The molecule has 0 aromatic heterocycles. The van der Waals surface area contributed by atoms with Crippen LogP contribution < -0.4 is 5.32 Å². The van der Waals surface area contributed by atoms with Crippen molar-refractivity contribution < 1.29 is 0 Å². The fourth-order valence-corrected chi connectivity index (χ4v) is 3.68. The van der Waals surface area contributed by atoms with Gasteiger partial charge in [-0.25, -0.2) is 0 Å². The maximum Gasteiger partial charge on any atom is 0.0434 e. The first-order valence-electron chi connectivity index (χ1n) is 7.45. The minimum Gasteiger partial charge on any atom is -0.308 e. The average Bonchev–Trinajstić information content (AvgIpc) is 2.42. The van der Waals surface area contributed by atoms with E-state index < -0.39 is 0 Å². The van der Waals surface area contributed by atoms with Crippen molar-refractivity contribution in [2.24, 2.45) is 0 Å². The predicted octanol–water partition coefficient (Wildman–Crippen LogP) is 5.65. The van der Waals surface area contributed by atoms with Gasteiger partial charge in [0.15, 0.2) is 0 Å². The minimum absolute atomic E-state index is 0.160. The molecule has 0 bridgehead atoms. The van der Waals surface area contributed by atoms with Crippen molar-refractivity contribution in [3.05, 3.63) is 58.1 Å². The van der Waals surface area contributed by atoms with Crippen LogP contribution in [0.1, 0.15) is 31.7 Å². The number of hydrogen-bond acceptors (Lipinski definition) is 1. The van der Waals surface area contributed by atoms with E-state index in [1.807, 2.05) is 12.1 Å². The van der Waals surface area contributed by atoms with Crippen molar-refractivity contribution in [1.82, 2.24) is 5.32 Å². The molecule has 0 radical (unpaired) electrons. The maximum atomic E-state index is 6.12. The summed E-state index contributed by atoms with van der Waals surface area (Å²) in [6, 6.07) is 14.4. The summed E-state index contributed by atoms with van der Waals surface area (Å²) in [5, 5.41) is 5.01. The number of benzene rings is 2. The van der Waals surface area contributed by atoms with Gasteiger partial charge in [0.05, 0.1) is 0 Å². The Kier molecular flexibility index (Phi) is 4.26. The lowest BCUT2D eigenvalue weighted by Crippen LogP contribution is -2.47. The average molecular weight is 320 g/mol. The third-order valence-electron chi connectivity index (χ3n) is 4.33. The molecule has 1 fully saturated rings. The van der Waals surface area contributed by atoms with Gasteiger partial charge in [-0.05, 0) is 66.8 Å². The molecule has 3 heteroatoms. The maximum absolute atomic E-state index is 6.12. The van der Waals surface area contributed by atoms with Crippen LogP contribution in [0, 0.1) is 0 Å². The Bertz CT molecular complexity index is 627. The summed E-state index contributed by atoms with van der Waals surface area (Å²) in [7, 11) is 0. The van der Waals surface area contributed by atoms with Gasteiger partial charge in [0, 0.05) is 15.6 Å². The molecule has 0 heterocycles. The smallest absolute Gasteiger partial charge is 0.0434 e. The van der Waals surface area contributed by atoms with Gasteiger partial charge < -0.3 is 5.32 Å². The number of hydrogen-bond donors (Lipinski definition) is 1. The summed E-state index contributed by atoms with van der Waals surface area (Å²) in [5.41, 5.74) is 3.76. The summed E-state index contributed by atoms with van der Waals surface area (Å²) in [4.78, 5) is 0. The van der Waals surface area contributed by atoms with Gasteiger partial charge in [-0.1, -0.05) is 48.3 Å². The molecule has 110 valence electrons. The van der Waals surface area contributed by atoms with Crippen molar-refractivity contribution >= 4 is 23.2 Å². The van der Waals surface area contributed by atoms with E-state index in [0.29, 0.717) is 10.0 Å². The molecule has 1 aliphatic carbocycles. The van der Waals surface area contributed by atoms with E-state index in [2.05, 4.69) is 36.5 Å². The fourth-order valence-electron chi connectivity index (χ4n) is 3.15. The molecule has 0 saturated heterocycles. The second kappa shape index (κ2) is 6.00. The molecular formula is C18H19Cl2N. The molecule has 0 unspecified atom stereocenters. The van der Waals surface area contributed by atoms with Crippen LogP contribution in [0.5, 0.6) is 0 Å². The van der Waals surface area contributed by atoms with E-state index in [-0.39, 0.29) is 5.54 Å². The lowest BCUT2D eigenvalue weighted by Gasteiger charge is -2.43. The first-order chi connectivity index (χ1) is 10.1. The third kappa shape index (κ3) is 2.96. The zero-order chi connectivity index (χ0) is 14.9. The lowest BCUT2D eigenvalue weighted by molar-refractivity contribution is 0.190. The summed E-state index contributed by atoms with van der Waals surface area (Å²) >= 11 is 12.2. The third-order valence-corrected chi connectivity index (χ3v) is 4.77. The molecule has 1 nitrogen and oxygen atoms in total. The Morgan fingerprint density at radius 3 is 2.29 bits per heavy atom. The Labute approximate surface area is 136 Å². The van der Waals surface area contributed by atoms with Gasteiger partial charge in [-0.2, -0.15) is 0 Å². The number of nitrogens with one attached hydrogen (secondary N) is 1. The van der Waals surface area contributed by atoms with E-state index in [1.54, 1.807) is 6.07 Å². The summed E-state index contributed by atoms with van der Waals surface area (Å²) < 4.78 is 0. The van der Waals surface area contributed by atoms with E-state index in [4.69, 9.17) is 23.2 Å². The Morgan fingerprint density at radius 2 is 1.71 bits per heavy atom. The first kappa shape index (κ1) is 14.9. The Balaban J connectivity index is 2.00. The van der Waals surface area contributed by atoms with Crippen LogP contribution in [-0.4, -0.2) is 6.54 Å². The van der Waals surface area contributed by atoms with Gasteiger partial charge in [0.1, 0.15) is 0 Å². The van der Waals surface area contributed by atoms with Crippen LogP contribution in [-0.2, 0) is 5.54 Å². The molecule has 1 N–H and O–H groups in total. The summed E-state index contributed by atoms with van der Waals surface area (Å²) in [6.07, 6.45) is 3.71. The number of halogens is 2. The van der Waals surface area contributed by atoms with Crippen LogP contribution in [0.15, 0.2) is 42.5 Å². The highest BCUT2D eigenvalue weighted by Gasteiger charge is 2.37. The van der Waals surface area contributed by atoms with Gasteiger partial charge >= 0.3 is 0 Å². The standard InChI is InChI=1S/C18H19Cl2N/c1-2-21-18(7-4-8-18)15-6-3-5-13(9-15)14-10-16(19)12-17(20)11-14/h3,5-6,9-12,21H,2,4,7-8H2,1H3. The molecule has 0 atom stereocenters. The molecule has 0 spiro atoms. The van der Waals surface area contributed by atoms with E-state index in [0.717, 1.165) is 12.1 Å². The molecule has 2 aromatic rings.